The number of anilines is 1. The van der Waals surface area contributed by atoms with Gasteiger partial charge in [0.05, 0.1) is 10.5 Å². The average molecular weight is 312 g/mol. The van der Waals surface area contributed by atoms with Crippen LogP contribution in [0.15, 0.2) is 29.2 Å². The summed E-state index contributed by atoms with van der Waals surface area (Å²) < 4.78 is 26.4. The molecular weight excluding hydrogens is 292 g/mol. The van der Waals surface area contributed by atoms with Gasteiger partial charge in [0.15, 0.2) is 0 Å². The van der Waals surface area contributed by atoms with E-state index in [2.05, 4.69) is 5.32 Å². The second-order valence-electron chi connectivity index (χ2n) is 5.61. The van der Waals surface area contributed by atoms with Crippen molar-refractivity contribution in [2.75, 3.05) is 18.4 Å². The molecular formula is C14H20N2O4S. The predicted molar refractivity (Wildman–Crippen MR) is 79.4 cm³/mol. The Kier molecular flexibility index (Phi) is 4.36. The van der Waals surface area contributed by atoms with E-state index in [1.807, 2.05) is 0 Å². The fourth-order valence-corrected chi connectivity index (χ4v) is 3.71. The number of piperidine rings is 1. The van der Waals surface area contributed by atoms with Gasteiger partial charge in [-0.3, -0.25) is 4.79 Å². The second-order valence-corrected chi connectivity index (χ2v) is 7.54. The van der Waals surface area contributed by atoms with E-state index in [1.54, 1.807) is 19.1 Å². The van der Waals surface area contributed by atoms with Gasteiger partial charge in [0, 0.05) is 25.7 Å². The van der Waals surface area contributed by atoms with Crippen LogP contribution in [0, 0.1) is 0 Å². The van der Waals surface area contributed by atoms with E-state index in [0.29, 0.717) is 31.6 Å². The highest BCUT2D eigenvalue weighted by atomic mass is 32.2. The first-order valence-electron chi connectivity index (χ1n) is 6.81. The van der Waals surface area contributed by atoms with E-state index in [9.17, 15) is 18.3 Å². The number of sulfonamides is 1. The Balaban J connectivity index is 2.14. The summed E-state index contributed by atoms with van der Waals surface area (Å²) in [7, 11) is -3.55. The normalized spacial score (nSPS) is 19.2. The summed E-state index contributed by atoms with van der Waals surface area (Å²) in [5.74, 6) is -0.205. The summed E-state index contributed by atoms with van der Waals surface area (Å²) in [6.07, 6.45) is 0.854. The maximum atomic E-state index is 12.5. The first-order chi connectivity index (χ1) is 9.71. The molecule has 0 aromatic heterocycles. The van der Waals surface area contributed by atoms with Crippen molar-refractivity contribution < 1.29 is 18.3 Å². The molecule has 6 nitrogen and oxygen atoms in total. The molecule has 21 heavy (non-hydrogen) atoms. The van der Waals surface area contributed by atoms with Crippen molar-refractivity contribution in [3.05, 3.63) is 24.3 Å². The Morgan fingerprint density at radius 1 is 1.24 bits per heavy atom. The molecule has 0 spiro atoms. The van der Waals surface area contributed by atoms with Crippen molar-refractivity contribution in [1.29, 1.82) is 0 Å². The maximum absolute atomic E-state index is 12.5. The van der Waals surface area contributed by atoms with Crippen molar-refractivity contribution in [1.82, 2.24) is 4.31 Å². The number of carbonyl (C=O) groups is 1. The molecule has 1 aliphatic heterocycles. The molecule has 0 unspecified atom stereocenters. The first kappa shape index (κ1) is 15.9. The lowest BCUT2D eigenvalue weighted by Gasteiger charge is -2.34. The van der Waals surface area contributed by atoms with Crippen LogP contribution < -0.4 is 5.32 Å². The molecule has 1 aromatic carbocycles. The minimum absolute atomic E-state index is 0.193. The van der Waals surface area contributed by atoms with E-state index in [-0.39, 0.29) is 10.8 Å². The third-order valence-electron chi connectivity index (χ3n) is 3.61. The van der Waals surface area contributed by atoms with Crippen LogP contribution in [0.3, 0.4) is 0 Å². The van der Waals surface area contributed by atoms with Crippen molar-refractivity contribution in [2.24, 2.45) is 0 Å². The van der Waals surface area contributed by atoms with E-state index >= 15 is 0 Å². The number of rotatable bonds is 3. The highest BCUT2D eigenvalue weighted by molar-refractivity contribution is 7.89. The highest BCUT2D eigenvalue weighted by Gasteiger charge is 2.33. The molecule has 1 saturated heterocycles. The molecule has 0 bridgehead atoms. The third kappa shape index (κ3) is 3.81. The Morgan fingerprint density at radius 3 is 2.24 bits per heavy atom. The van der Waals surface area contributed by atoms with Crippen LogP contribution >= 0.6 is 0 Å². The first-order valence-corrected chi connectivity index (χ1v) is 8.25. The summed E-state index contributed by atoms with van der Waals surface area (Å²) in [6.45, 7) is 3.73. The quantitative estimate of drug-likeness (QED) is 0.877. The van der Waals surface area contributed by atoms with Crippen LogP contribution in [0.5, 0.6) is 0 Å². The molecule has 1 fully saturated rings. The molecule has 7 heteroatoms. The van der Waals surface area contributed by atoms with E-state index < -0.39 is 15.6 Å². The Morgan fingerprint density at radius 2 is 1.76 bits per heavy atom. The number of benzene rings is 1. The van der Waals surface area contributed by atoms with Gasteiger partial charge in [-0.2, -0.15) is 4.31 Å². The molecule has 1 amide bonds. The van der Waals surface area contributed by atoms with Crippen molar-refractivity contribution in [3.63, 3.8) is 0 Å². The number of hydrogen-bond acceptors (Lipinski definition) is 4. The van der Waals surface area contributed by atoms with Crippen LogP contribution in [0.25, 0.3) is 0 Å². The van der Waals surface area contributed by atoms with Gasteiger partial charge in [0.25, 0.3) is 0 Å². The zero-order chi connectivity index (χ0) is 15.7. The van der Waals surface area contributed by atoms with Gasteiger partial charge in [-0.1, -0.05) is 0 Å². The molecule has 116 valence electrons. The molecule has 0 radical (unpaired) electrons. The zero-order valence-electron chi connectivity index (χ0n) is 12.2. The highest BCUT2D eigenvalue weighted by Crippen LogP contribution is 2.26. The lowest BCUT2D eigenvalue weighted by molar-refractivity contribution is -0.114. The topological polar surface area (TPSA) is 86.7 Å². The van der Waals surface area contributed by atoms with E-state index in [0.717, 1.165) is 0 Å². The van der Waals surface area contributed by atoms with Crippen LogP contribution in [0.2, 0.25) is 0 Å². The number of nitrogens with one attached hydrogen (secondary N) is 1. The zero-order valence-corrected chi connectivity index (χ0v) is 13.0. The Labute approximate surface area is 124 Å². The number of aliphatic hydroxyl groups is 1. The molecule has 0 atom stereocenters. The lowest BCUT2D eigenvalue weighted by atomic mass is 9.95. The lowest BCUT2D eigenvalue weighted by Crippen LogP contribution is -2.45. The number of carbonyl (C=O) groups excluding carboxylic acids is 1. The van der Waals surface area contributed by atoms with Gasteiger partial charge in [-0.25, -0.2) is 8.42 Å². The fraction of sp³-hybridized carbons (Fsp3) is 0.500. The molecule has 1 heterocycles. The van der Waals surface area contributed by atoms with Gasteiger partial charge in [-0.05, 0) is 44.0 Å². The molecule has 0 saturated carbocycles. The number of amides is 1. The standard InChI is InChI=1S/C14H20N2O4S/c1-11(17)15-12-3-5-13(6-4-12)21(19,20)16-9-7-14(2,18)8-10-16/h3-6,18H,7-10H2,1-2H3,(H,15,17). The summed E-state index contributed by atoms with van der Waals surface area (Å²) in [4.78, 5) is 11.1. The minimum Gasteiger partial charge on any atom is -0.390 e. The smallest absolute Gasteiger partial charge is 0.243 e. The molecule has 0 aliphatic carbocycles. The number of hydrogen-bond donors (Lipinski definition) is 2. The molecule has 2 N–H and O–H groups in total. The van der Waals surface area contributed by atoms with Crippen LogP contribution in [0.1, 0.15) is 26.7 Å². The van der Waals surface area contributed by atoms with Gasteiger partial charge >= 0.3 is 0 Å². The Bertz CT molecular complexity index is 613. The van der Waals surface area contributed by atoms with Gasteiger partial charge in [0.2, 0.25) is 15.9 Å². The monoisotopic (exact) mass is 312 g/mol. The summed E-state index contributed by atoms with van der Waals surface area (Å²) in [5, 5.41) is 12.5. The maximum Gasteiger partial charge on any atom is 0.243 e. The summed E-state index contributed by atoms with van der Waals surface area (Å²) in [6, 6.07) is 6.09. The summed E-state index contributed by atoms with van der Waals surface area (Å²) >= 11 is 0. The average Bonchev–Trinajstić information content (AvgIpc) is 2.38. The minimum atomic E-state index is -3.55. The van der Waals surface area contributed by atoms with E-state index in [4.69, 9.17) is 0 Å². The largest absolute Gasteiger partial charge is 0.390 e. The number of nitrogens with zero attached hydrogens (tertiary/aromatic N) is 1. The SMILES string of the molecule is CC(=O)Nc1ccc(S(=O)(=O)N2CCC(C)(O)CC2)cc1. The fourth-order valence-electron chi connectivity index (χ4n) is 2.27. The second kappa shape index (κ2) is 5.75. The third-order valence-corrected chi connectivity index (χ3v) is 5.52. The van der Waals surface area contributed by atoms with Gasteiger partial charge < -0.3 is 10.4 Å². The van der Waals surface area contributed by atoms with Crippen LogP contribution in [0.4, 0.5) is 5.69 Å². The molecule has 1 aliphatic rings. The van der Waals surface area contributed by atoms with Crippen LogP contribution in [-0.4, -0.2) is 42.4 Å². The van der Waals surface area contributed by atoms with Crippen molar-refractivity contribution in [2.45, 2.75) is 37.2 Å². The van der Waals surface area contributed by atoms with Crippen molar-refractivity contribution in [3.8, 4) is 0 Å². The van der Waals surface area contributed by atoms with Gasteiger partial charge in [0.1, 0.15) is 0 Å². The molecule has 1 aromatic rings. The van der Waals surface area contributed by atoms with E-state index in [1.165, 1.54) is 23.4 Å². The predicted octanol–water partition coefficient (Wildman–Crippen LogP) is 1.18. The Hall–Kier alpha value is -1.44. The van der Waals surface area contributed by atoms with Gasteiger partial charge in [-0.15, -0.1) is 0 Å². The summed E-state index contributed by atoms with van der Waals surface area (Å²) in [5.41, 5.74) is -0.232. The molecule has 2 rings (SSSR count). The van der Waals surface area contributed by atoms with Crippen LogP contribution in [-0.2, 0) is 14.8 Å². The van der Waals surface area contributed by atoms with Crippen molar-refractivity contribution >= 4 is 21.6 Å².